The molecule has 0 aromatic heterocycles. The van der Waals surface area contributed by atoms with Crippen molar-refractivity contribution in [3.05, 3.63) is 62.5 Å². The first kappa shape index (κ1) is 14.1. The molecule has 0 fully saturated rings. The summed E-state index contributed by atoms with van der Waals surface area (Å²) in [6.45, 7) is 2.07. The molecule has 0 aliphatic heterocycles. The van der Waals surface area contributed by atoms with E-state index < -0.39 is 0 Å². The number of nitrogens with one attached hydrogen (secondary N) is 1. The molecule has 4 heteroatoms. The molecule has 1 atom stereocenters. The third kappa shape index (κ3) is 3.59. The van der Waals surface area contributed by atoms with Gasteiger partial charge in [-0.1, -0.05) is 44.0 Å². The summed E-state index contributed by atoms with van der Waals surface area (Å²) in [4.78, 5) is 0. The number of nitriles is 1. The monoisotopic (exact) mass is 378 g/mol. The van der Waals surface area contributed by atoms with E-state index in [1.165, 1.54) is 5.56 Å². The van der Waals surface area contributed by atoms with Gasteiger partial charge >= 0.3 is 0 Å². The van der Waals surface area contributed by atoms with Gasteiger partial charge in [-0.3, -0.25) is 0 Å². The second kappa shape index (κ2) is 6.23. The molecule has 2 aromatic carbocycles. The molecule has 0 saturated carbocycles. The molecule has 0 saturated heterocycles. The Balaban J connectivity index is 2.26. The summed E-state index contributed by atoms with van der Waals surface area (Å²) < 4.78 is 2.00. The molecule has 0 heterocycles. The number of halogens is 2. The first-order valence-electron chi connectivity index (χ1n) is 5.82. The summed E-state index contributed by atoms with van der Waals surface area (Å²) in [6, 6.07) is 16.1. The van der Waals surface area contributed by atoms with Crippen LogP contribution in [0, 0.1) is 11.3 Å². The summed E-state index contributed by atoms with van der Waals surface area (Å²) in [5.41, 5.74) is 2.65. The fourth-order valence-corrected chi connectivity index (χ4v) is 2.60. The van der Waals surface area contributed by atoms with Crippen LogP contribution in [0.5, 0.6) is 0 Å². The van der Waals surface area contributed by atoms with Crippen LogP contribution >= 0.6 is 31.9 Å². The van der Waals surface area contributed by atoms with Gasteiger partial charge in [-0.15, -0.1) is 0 Å². The fraction of sp³-hybridized carbons (Fsp3) is 0.133. The lowest BCUT2D eigenvalue weighted by Gasteiger charge is -2.17. The van der Waals surface area contributed by atoms with Crippen molar-refractivity contribution in [2.75, 3.05) is 5.32 Å². The average Bonchev–Trinajstić information content (AvgIpc) is 2.39. The Hall–Kier alpha value is -1.31. The summed E-state index contributed by atoms with van der Waals surface area (Å²) in [5, 5.41) is 12.5. The van der Waals surface area contributed by atoms with Crippen LogP contribution in [0.2, 0.25) is 0 Å². The molecule has 0 bridgehead atoms. The lowest BCUT2D eigenvalue weighted by Crippen LogP contribution is -2.07. The molecule has 0 amide bonds. The highest BCUT2D eigenvalue weighted by Gasteiger charge is 2.09. The quantitative estimate of drug-likeness (QED) is 0.789. The Labute approximate surface area is 129 Å². The molecule has 96 valence electrons. The van der Waals surface area contributed by atoms with Gasteiger partial charge in [0.25, 0.3) is 0 Å². The largest absolute Gasteiger partial charge is 0.377 e. The fourth-order valence-electron chi connectivity index (χ4n) is 1.83. The normalized spacial score (nSPS) is 11.7. The van der Waals surface area contributed by atoms with Crippen LogP contribution in [0.3, 0.4) is 0 Å². The van der Waals surface area contributed by atoms with Crippen LogP contribution in [0.15, 0.2) is 51.4 Å². The number of benzene rings is 2. The van der Waals surface area contributed by atoms with E-state index in [4.69, 9.17) is 5.26 Å². The molecule has 2 rings (SSSR count). The summed E-state index contributed by atoms with van der Waals surface area (Å²) in [7, 11) is 0. The van der Waals surface area contributed by atoms with Crippen molar-refractivity contribution in [1.82, 2.24) is 0 Å². The molecule has 0 aliphatic carbocycles. The van der Waals surface area contributed by atoms with Gasteiger partial charge in [0.05, 0.1) is 11.3 Å². The number of hydrogen-bond donors (Lipinski definition) is 1. The highest BCUT2D eigenvalue weighted by atomic mass is 79.9. The maximum atomic E-state index is 9.12. The highest BCUT2D eigenvalue weighted by molar-refractivity contribution is 9.10. The van der Waals surface area contributed by atoms with E-state index in [0.717, 1.165) is 14.6 Å². The molecule has 0 radical (unpaired) electrons. The maximum absolute atomic E-state index is 9.12. The van der Waals surface area contributed by atoms with Crippen LogP contribution in [0.4, 0.5) is 5.69 Å². The molecular formula is C15H12Br2N2. The lowest BCUT2D eigenvalue weighted by molar-refractivity contribution is 0.883. The molecule has 2 aromatic rings. The maximum Gasteiger partial charge on any atom is 0.101 e. The van der Waals surface area contributed by atoms with E-state index in [2.05, 4.69) is 62.3 Å². The first-order chi connectivity index (χ1) is 9.10. The standard InChI is InChI=1S/C15H12Br2N2/c1-10(11-3-2-4-13(16)7-11)19-15-8-14(17)6-5-12(15)9-18/h2-8,10,19H,1H3. The van der Waals surface area contributed by atoms with Crippen molar-refractivity contribution in [3.63, 3.8) is 0 Å². The Morgan fingerprint density at radius 1 is 1.11 bits per heavy atom. The molecule has 0 aliphatic rings. The Kier molecular flexibility index (Phi) is 4.62. The molecule has 19 heavy (non-hydrogen) atoms. The van der Waals surface area contributed by atoms with Gasteiger partial charge < -0.3 is 5.32 Å². The van der Waals surface area contributed by atoms with Gasteiger partial charge in [0.1, 0.15) is 6.07 Å². The van der Waals surface area contributed by atoms with Gasteiger partial charge in [0.15, 0.2) is 0 Å². The van der Waals surface area contributed by atoms with E-state index in [1.807, 2.05) is 24.3 Å². The zero-order valence-electron chi connectivity index (χ0n) is 10.3. The Bertz CT molecular complexity index is 632. The van der Waals surface area contributed by atoms with Crippen molar-refractivity contribution in [2.24, 2.45) is 0 Å². The second-order valence-electron chi connectivity index (χ2n) is 4.22. The van der Waals surface area contributed by atoms with E-state index in [-0.39, 0.29) is 6.04 Å². The van der Waals surface area contributed by atoms with Gasteiger partial charge in [0.2, 0.25) is 0 Å². The minimum Gasteiger partial charge on any atom is -0.377 e. The van der Waals surface area contributed by atoms with Crippen LogP contribution in [0.1, 0.15) is 24.1 Å². The van der Waals surface area contributed by atoms with Crippen molar-refractivity contribution in [2.45, 2.75) is 13.0 Å². The third-order valence-electron chi connectivity index (χ3n) is 2.82. The second-order valence-corrected chi connectivity index (χ2v) is 6.05. The highest BCUT2D eigenvalue weighted by Crippen LogP contribution is 2.26. The summed E-state index contributed by atoms with van der Waals surface area (Å²) in [6.07, 6.45) is 0. The lowest BCUT2D eigenvalue weighted by atomic mass is 10.1. The first-order valence-corrected chi connectivity index (χ1v) is 7.40. The van der Waals surface area contributed by atoms with Gasteiger partial charge in [-0.25, -0.2) is 0 Å². The average molecular weight is 380 g/mol. The molecule has 2 nitrogen and oxygen atoms in total. The zero-order valence-corrected chi connectivity index (χ0v) is 13.5. The van der Waals surface area contributed by atoms with Crippen LogP contribution in [0.25, 0.3) is 0 Å². The van der Waals surface area contributed by atoms with Crippen molar-refractivity contribution in [3.8, 4) is 6.07 Å². The van der Waals surface area contributed by atoms with Gasteiger partial charge in [-0.05, 0) is 42.8 Å². The van der Waals surface area contributed by atoms with Crippen LogP contribution < -0.4 is 5.32 Å². The van der Waals surface area contributed by atoms with E-state index in [1.54, 1.807) is 6.07 Å². The predicted molar refractivity (Wildman–Crippen MR) is 85.0 cm³/mol. The Morgan fingerprint density at radius 3 is 2.53 bits per heavy atom. The number of nitrogens with zero attached hydrogens (tertiary/aromatic N) is 1. The molecular weight excluding hydrogens is 368 g/mol. The van der Waals surface area contributed by atoms with Crippen LogP contribution in [-0.4, -0.2) is 0 Å². The van der Waals surface area contributed by atoms with Crippen molar-refractivity contribution < 1.29 is 0 Å². The van der Waals surface area contributed by atoms with Gasteiger partial charge in [-0.2, -0.15) is 5.26 Å². The van der Waals surface area contributed by atoms with E-state index >= 15 is 0 Å². The summed E-state index contributed by atoms with van der Waals surface area (Å²) >= 11 is 6.89. The molecule has 1 unspecified atom stereocenters. The Morgan fingerprint density at radius 2 is 1.84 bits per heavy atom. The van der Waals surface area contributed by atoms with Gasteiger partial charge in [0, 0.05) is 15.0 Å². The predicted octanol–water partition coefficient (Wildman–Crippen LogP) is 5.26. The SMILES string of the molecule is CC(Nc1cc(Br)ccc1C#N)c1cccc(Br)c1. The topological polar surface area (TPSA) is 35.8 Å². The minimum atomic E-state index is 0.124. The van der Waals surface area contributed by atoms with E-state index in [9.17, 15) is 0 Å². The minimum absolute atomic E-state index is 0.124. The van der Waals surface area contributed by atoms with Crippen molar-refractivity contribution >= 4 is 37.5 Å². The number of anilines is 1. The van der Waals surface area contributed by atoms with E-state index in [0.29, 0.717) is 5.56 Å². The van der Waals surface area contributed by atoms with Crippen LogP contribution in [-0.2, 0) is 0 Å². The van der Waals surface area contributed by atoms with Crippen molar-refractivity contribution in [1.29, 1.82) is 5.26 Å². The molecule has 0 spiro atoms. The zero-order chi connectivity index (χ0) is 13.8. The number of rotatable bonds is 3. The third-order valence-corrected chi connectivity index (χ3v) is 3.81. The molecule has 1 N–H and O–H groups in total. The number of hydrogen-bond acceptors (Lipinski definition) is 2. The smallest absolute Gasteiger partial charge is 0.101 e. The summed E-state index contributed by atoms with van der Waals surface area (Å²) in [5.74, 6) is 0.